The van der Waals surface area contributed by atoms with E-state index in [1.54, 1.807) is 34.9 Å². The molecule has 0 aliphatic heterocycles. The molecule has 4 aromatic rings. The van der Waals surface area contributed by atoms with Gasteiger partial charge in [-0.15, -0.1) is 27.0 Å². The quantitative estimate of drug-likeness (QED) is 0.144. The number of aromatic nitrogens is 5. The molecule has 2 aromatic heterocycles. The summed E-state index contributed by atoms with van der Waals surface area (Å²) in [5.74, 6) is 1.12. The lowest BCUT2D eigenvalue weighted by atomic mass is 10.2. The Morgan fingerprint density at radius 2 is 1.94 bits per heavy atom. The molecule has 0 N–H and O–H groups in total. The van der Waals surface area contributed by atoms with Gasteiger partial charge in [0.25, 0.3) is 5.69 Å². The lowest BCUT2D eigenvalue weighted by Crippen LogP contribution is -2.08. The van der Waals surface area contributed by atoms with Crippen LogP contribution in [0, 0.1) is 15.9 Å². The Morgan fingerprint density at radius 1 is 1.15 bits per heavy atom. The van der Waals surface area contributed by atoms with Crippen LogP contribution in [0.15, 0.2) is 70.8 Å². The zero-order valence-corrected chi connectivity index (χ0v) is 17.9. The molecule has 0 fully saturated rings. The summed E-state index contributed by atoms with van der Waals surface area (Å²) >= 11 is 1.33. The first-order valence-electron chi connectivity index (χ1n) is 9.65. The van der Waals surface area contributed by atoms with Crippen molar-refractivity contribution in [3.05, 3.63) is 88.8 Å². The highest BCUT2D eigenvalue weighted by Gasteiger charge is 2.16. The number of non-ortho nitro benzene ring substituents is 1. The first-order chi connectivity index (χ1) is 16.0. The molecule has 33 heavy (non-hydrogen) atoms. The Balaban J connectivity index is 1.42. The molecule has 0 unspecified atom stereocenters. The Hall–Kier alpha value is -4.06. The molecule has 2 heterocycles. The van der Waals surface area contributed by atoms with E-state index in [0.717, 1.165) is 0 Å². The third-order valence-electron chi connectivity index (χ3n) is 4.42. The van der Waals surface area contributed by atoms with Crippen molar-refractivity contribution in [1.82, 2.24) is 25.0 Å². The molecular formula is C21H17FN6O4S. The third kappa shape index (κ3) is 5.23. The molecule has 0 spiro atoms. The summed E-state index contributed by atoms with van der Waals surface area (Å²) in [4.78, 5) is 10.3. The number of para-hydroxylation sites is 1. The largest absolute Gasteiger partial charge is 0.483 e. The van der Waals surface area contributed by atoms with E-state index in [-0.39, 0.29) is 23.9 Å². The van der Waals surface area contributed by atoms with Crippen LogP contribution < -0.4 is 4.74 Å². The zero-order valence-electron chi connectivity index (χ0n) is 17.1. The number of thioether (sulfide) groups is 1. The molecule has 0 aliphatic carbocycles. The smallest absolute Gasteiger partial charge is 0.269 e. The second-order valence-electron chi connectivity index (χ2n) is 6.61. The van der Waals surface area contributed by atoms with Crippen molar-refractivity contribution >= 4 is 17.4 Å². The Morgan fingerprint density at radius 3 is 2.67 bits per heavy atom. The van der Waals surface area contributed by atoms with Crippen molar-refractivity contribution in [2.75, 3.05) is 0 Å². The number of hydrogen-bond acceptors (Lipinski definition) is 9. The second kappa shape index (κ2) is 10.0. The fourth-order valence-corrected chi connectivity index (χ4v) is 3.63. The summed E-state index contributed by atoms with van der Waals surface area (Å²) in [5.41, 5.74) is 0.553. The van der Waals surface area contributed by atoms with Gasteiger partial charge in [-0.2, -0.15) is 0 Å². The third-order valence-corrected chi connectivity index (χ3v) is 5.37. The van der Waals surface area contributed by atoms with Crippen LogP contribution in [-0.4, -0.2) is 29.9 Å². The van der Waals surface area contributed by atoms with Gasteiger partial charge in [0.2, 0.25) is 11.8 Å². The summed E-state index contributed by atoms with van der Waals surface area (Å²) in [5, 5.41) is 27.7. The van der Waals surface area contributed by atoms with E-state index in [2.05, 4.69) is 27.0 Å². The average Bonchev–Trinajstić information content (AvgIpc) is 3.45. The van der Waals surface area contributed by atoms with Gasteiger partial charge in [-0.1, -0.05) is 30.0 Å². The SMILES string of the molecule is C=CCn1c(COc2ccccc2F)nnc1SCc1nnc(-c2ccc([N+](=O)[O-])cc2)o1. The van der Waals surface area contributed by atoms with Crippen molar-refractivity contribution in [1.29, 1.82) is 0 Å². The van der Waals surface area contributed by atoms with Crippen LogP contribution in [0.25, 0.3) is 11.5 Å². The molecule has 0 radical (unpaired) electrons. The second-order valence-corrected chi connectivity index (χ2v) is 7.55. The van der Waals surface area contributed by atoms with Gasteiger partial charge in [0.05, 0.1) is 10.7 Å². The highest BCUT2D eigenvalue weighted by molar-refractivity contribution is 7.98. The number of nitrogens with zero attached hydrogens (tertiary/aromatic N) is 6. The molecule has 12 heteroatoms. The van der Waals surface area contributed by atoms with Gasteiger partial charge < -0.3 is 9.15 Å². The summed E-state index contributed by atoms with van der Waals surface area (Å²) in [6.07, 6.45) is 1.69. The van der Waals surface area contributed by atoms with Crippen molar-refractivity contribution in [3.63, 3.8) is 0 Å². The van der Waals surface area contributed by atoms with E-state index in [1.807, 2.05) is 0 Å². The Bertz CT molecular complexity index is 1270. The highest BCUT2D eigenvalue weighted by Crippen LogP contribution is 2.26. The van der Waals surface area contributed by atoms with Crippen LogP contribution in [0.2, 0.25) is 0 Å². The predicted octanol–water partition coefficient (Wildman–Crippen LogP) is 4.43. The van der Waals surface area contributed by atoms with Crippen LogP contribution in [0.4, 0.5) is 10.1 Å². The Labute approximate surface area is 191 Å². The zero-order chi connectivity index (χ0) is 23.2. The normalized spacial score (nSPS) is 10.8. The van der Waals surface area contributed by atoms with Gasteiger partial charge in [0, 0.05) is 24.2 Å². The fourth-order valence-electron chi connectivity index (χ4n) is 2.83. The lowest BCUT2D eigenvalue weighted by molar-refractivity contribution is -0.384. The van der Waals surface area contributed by atoms with Gasteiger partial charge in [-0.25, -0.2) is 4.39 Å². The van der Waals surface area contributed by atoms with E-state index in [0.29, 0.717) is 34.7 Å². The lowest BCUT2D eigenvalue weighted by Gasteiger charge is -2.09. The van der Waals surface area contributed by atoms with Crippen molar-refractivity contribution in [2.45, 2.75) is 24.1 Å². The minimum absolute atomic E-state index is 0.0228. The van der Waals surface area contributed by atoms with E-state index in [4.69, 9.17) is 9.15 Å². The molecule has 0 amide bonds. The summed E-state index contributed by atoms with van der Waals surface area (Å²) in [6.45, 7) is 4.22. The number of ether oxygens (including phenoxy) is 1. The number of halogens is 1. The monoisotopic (exact) mass is 468 g/mol. The molecule has 10 nitrogen and oxygen atoms in total. The predicted molar refractivity (Wildman–Crippen MR) is 117 cm³/mol. The molecule has 0 saturated carbocycles. The molecule has 0 saturated heterocycles. The first-order valence-corrected chi connectivity index (χ1v) is 10.6. The standard InChI is InChI=1S/C21H17FN6O4S/c1-2-11-27-18(12-31-17-6-4-3-5-16(17)22)23-26-21(27)33-13-19-24-25-20(32-19)14-7-9-15(10-8-14)28(29)30/h2-10H,1,11-13H2. The highest BCUT2D eigenvalue weighted by atomic mass is 32.2. The van der Waals surface area contributed by atoms with Gasteiger partial charge in [0.15, 0.2) is 22.5 Å². The molecule has 0 bridgehead atoms. The summed E-state index contributed by atoms with van der Waals surface area (Å²) < 4.78 is 26.8. The molecular weight excluding hydrogens is 451 g/mol. The van der Waals surface area contributed by atoms with E-state index in [9.17, 15) is 14.5 Å². The number of hydrogen-bond donors (Lipinski definition) is 0. The molecule has 0 aliphatic rings. The minimum atomic E-state index is -0.477. The van der Waals surface area contributed by atoms with E-state index < -0.39 is 10.7 Å². The van der Waals surface area contributed by atoms with Crippen LogP contribution in [0.5, 0.6) is 5.75 Å². The summed E-state index contributed by atoms with van der Waals surface area (Å²) in [6, 6.07) is 12.0. The van der Waals surface area contributed by atoms with Crippen LogP contribution >= 0.6 is 11.8 Å². The number of nitro benzene ring substituents is 1. The van der Waals surface area contributed by atoms with Crippen LogP contribution in [0.3, 0.4) is 0 Å². The van der Waals surface area contributed by atoms with Gasteiger partial charge in [-0.3, -0.25) is 14.7 Å². The molecule has 2 aromatic carbocycles. The summed E-state index contributed by atoms with van der Waals surface area (Å²) in [7, 11) is 0. The van der Waals surface area contributed by atoms with Gasteiger partial charge in [-0.05, 0) is 24.3 Å². The Kier molecular flexibility index (Phi) is 6.74. The van der Waals surface area contributed by atoms with Gasteiger partial charge in [0.1, 0.15) is 6.61 Å². The number of benzene rings is 2. The fraction of sp³-hybridized carbons (Fsp3) is 0.143. The topological polar surface area (TPSA) is 122 Å². The molecule has 4 rings (SSSR count). The number of rotatable bonds is 10. The van der Waals surface area contributed by atoms with Crippen molar-refractivity contribution in [3.8, 4) is 17.2 Å². The van der Waals surface area contributed by atoms with Crippen molar-refractivity contribution < 1.29 is 18.5 Å². The maximum absolute atomic E-state index is 13.8. The number of nitro groups is 1. The van der Waals surface area contributed by atoms with E-state index in [1.165, 1.54) is 36.0 Å². The van der Waals surface area contributed by atoms with Crippen LogP contribution in [0.1, 0.15) is 11.7 Å². The average molecular weight is 468 g/mol. The minimum Gasteiger partial charge on any atom is -0.483 e. The first kappa shape index (κ1) is 22.1. The maximum atomic E-state index is 13.8. The van der Waals surface area contributed by atoms with Crippen molar-refractivity contribution in [2.24, 2.45) is 0 Å². The maximum Gasteiger partial charge on any atom is 0.269 e. The van der Waals surface area contributed by atoms with E-state index >= 15 is 0 Å². The molecule has 168 valence electrons. The molecule has 0 atom stereocenters. The van der Waals surface area contributed by atoms with Gasteiger partial charge >= 0.3 is 0 Å². The number of allylic oxidation sites excluding steroid dienone is 1. The van der Waals surface area contributed by atoms with Crippen LogP contribution in [-0.2, 0) is 18.9 Å².